The Kier molecular flexibility index (Phi) is 3.22. The highest BCUT2D eigenvalue weighted by Crippen LogP contribution is 2.22. The van der Waals surface area contributed by atoms with E-state index in [9.17, 15) is 9.59 Å². The van der Waals surface area contributed by atoms with Gasteiger partial charge in [0.05, 0.1) is 6.54 Å². The molecule has 1 heterocycles. The first kappa shape index (κ1) is 12.1. The minimum Gasteiger partial charge on any atom is -0.341 e. The first-order valence-corrected chi connectivity index (χ1v) is 6.24. The summed E-state index contributed by atoms with van der Waals surface area (Å²) in [5, 5.41) is 2.73. The van der Waals surface area contributed by atoms with Crippen molar-refractivity contribution >= 4 is 11.8 Å². The van der Waals surface area contributed by atoms with Crippen LogP contribution in [0.2, 0.25) is 0 Å². The van der Waals surface area contributed by atoms with Crippen LogP contribution in [0.25, 0.3) is 0 Å². The van der Waals surface area contributed by atoms with E-state index < -0.39 is 5.54 Å². The molecule has 1 aliphatic carbocycles. The van der Waals surface area contributed by atoms with Gasteiger partial charge in [0.2, 0.25) is 11.8 Å². The van der Waals surface area contributed by atoms with Gasteiger partial charge in [-0.25, -0.2) is 0 Å². The van der Waals surface area contributed by atoms with Crippen LogP contribution < -0.4 is 5.32 Å². The molecule has 2 amide bonds. The topological polar surface area (TPSA) is 49.4 Å². The zero-order valence-electron chi connectivity index (χ0n) is 10.5. The van der Waals surface area contributed by atoms with E-state index >= 15 is 0 Å². The van der Waals surface area contributed by atoms with Crippen molar-refractivity contribution in [3.63, 3.8) is 0 Å². The average Bonchev–Trinajstić information content (AvgIpc) is 2.26. The van der Waals surface area contributed by atoms with Gasteiger partial charge in [-0.2, -0.15) is 0 Å². The quantitative estimate of drug-likeness (QED) is 0.729. The van der Waals surface area contributed by atoms with E-state index in [1.54, 1.807) is 18.7 Å². The summed E-state index contributed by atoms with van der Waals surface area (Å²) in [6, 6.07) is 0. The molecule has 0 radical (unpaired) electrons. The van der Waals surface area contributed by atoms with E-state index in [-0.39, 0.29) is 18.4 Å². The lowest BCUT2D eigenvalue weighted by atomic mass is 9.92. The van der Waals surface area contributed by atoms with Crippen LogP contribution in [0.5, 0.6) is 0 Å². The normalized spacial score (nSPS) is 28.1. The highest BCUT2D eigenvalue weighted by Gasteiger charge is 2.39. The number of nitrogens with one attached hydrogen (secondary N) is 1. The van der Waals surface area contributed by atoms with Crippen molar-refractivity contribution in [1.29, 1.82) is 0 Å². The molecule has 1 aliphatic heterocycles. The van der Waals surface area contributed by atoms with Crippen molar-refractivity contribution < 1.29 is 9.59 Å². The summed E-state index contributed by atoms with van der Waals surface area (Å²) in [6.07, 6.45) is 7.58. The van der Waals surface area contributed by atoms with Crippen LogP contribution in [0, 0.1) is 5.92 Å². The number of amides is 2. The van der Waals surface area contributed by atoms with E-state index in [0.29, 0.717) is 12.5 Å². The van der Waals surface area contributed by atoms with Gasteiger partial charge in [-0.05, 0) is 39.0 Å². The van der Waals surface area contributed by atoms with Gasteiger partial charge < -0.3 is 10.2 Å². The average molecular weight is 236 g/mol. The molecular weight excluding hydrogens is 216 g/mol. The molecule has 0 aromatic rings. The Hall–Kier alpha value is -1.32. The van der Waals surface area contributed by atoms with Crippen LogP contribution in [-0.4, -0.2) is 35.3 Å². The van der Waals surface area contributed by atoms with Crippen LogP contribution in [0.1, 0.15) is 33.1 Å². The first-order valence-electron chi connectivity index (χ1n) is 6.24. The minimum atomic E-state index is -0.750. The van der Waals surface area contributed by atoms with Crippen LogP contribution in [0.3, 0.4) is 0 Å². The Morgan fingerprint density at radius 2 is 2.18 bits per heavy atom. The molecule has 1 N–H and O–H groups in total. The molecule has 0 spiro atoms. The summed E-state index contributed by atoms with van der Waals surface area (Å²) in [5.41, 5.74) is -0.750. The maximum Gasteiger partial charge on any atom is 0.248 e. The number of hydrogen-bond donors (Lipinski definition) is 1. The number of nitrogens with zero attached hydrogens (tertiary/aromatic N) is 1. The van der Waals surface area contributed by atoms with Gasteiger partial charge in [0.25, 0.3) is 0 Å². The fraction of sp³-hybridized carbons (Fsp3) is 0.692. The molecule has 4 heteroatoms. The van der Waals surface area contributed by atoms with Crippen molar-refractivity contribution in [3.8, 4) is 0 Å². The van der Waals surface area contributed by atoms with Gasteiger partial charge in [-0.15, -0.1) is 0 Å². The largest absolute Gasteiger partial charge is 0.341 e. The smallest absolute Gasteiger partial charge is 0.248 e. The zero-order chi connectivity index (χ0) is 12.5. The van der Waals surface area contributed by atoms with Crippen molar-refractivity contribution in [2.24, 2.45) is 5.92 Å². The standard InChI is InChI=1S/C13H20N2O2/c1-13(2)12(17)15(9-11(16)14-13)8-10-6-4-3-5-7-10/h3-4,10H,5-9H2,1-2H3,(H,14,16). The highest BCUT2D eigenvalue weighted by atomic mass is 16.2. The summed E-state index contributed by atoms with van der Waals surface area (Å²) < 4.78 is 0. The predicted octanol–water partition coefficient (Wildman–Crippen LogP) is 1.08. The second kappa shape index (κ2) is 4.51. The van der Waals surface area contributed by atoms with Crippen molar-refractivity contribution in [1.82, 2.24) is 10.2 Å². The van der Waals surface area contributed by atoms with Gasteiger partial charge in [-0.1, -0.05) is 12.2 Å². The van der Waals surface area contributed by atoms with Crippen LogP contribution in [0.15, 0.2) is 12.2 Å². The van der Waals surface area contributed by atoms with Gasteiger partial charge in [0.1, 0.15) is 5.54 Å². The Bertz CT molecular complexity index is 360. The van der Waals surface area contributed by atoms with E-state index in [1.807, 2.05) is 0 Å². The zero-order valence-corrected chi connectivity index (χ0v) is 10.5. The molecule has 1 atom stereocenters. The molecule has 1 fully saturated rings. The molecule has 2 aliphatic rings. The molecule has 0 saturated carbocycles. The first-order chi connectivity index (χ1) is 7.99. The van der Waals surface area contributed by atoms with Crippen molar-refractivity contribution in [2.75, 3.05) is 13.1 Å². The monoisotopic (exact) mass is 236 g/mol. The van der Waals surface area contributed by atoms with E-state index in [2.05, 4.69) is 17.5 Å². The second-order valence-corrected chi connectivity index (χ2v) is 5.51. The maximum absolute atomic E-state index is 12.2. The fourth-order valence-electron chi connectivity index (χ4n) is 2.56. The lowest BCUT2D eigenvalue weighted by Crippen LogP contribution is -2.64. The van der Waals surface area contributed by atoms with E-state index in [4.69, 9.17) is 0 Å². The lowest BCUT2D eigenvalue weighted by Gasteiger charge is -2.39. The third-order valence-corrected chi connectivity index (χ3v) is 3.46. The summed E-state index contributed by atoms with van der Waals surface area (Å²) in [7, 11) is 0. The summed E-state index contributed by atoms with van der Waals surface area (Å²) in [5.74, 6) is 0.484. The third-order valence-electron chi connectivity index (χ3n) is 3.46. The molecule has 4 nitrogen and oxygen atoms in total. The Morgan fingerprint density at radius 1 is 1.41 bits per heavy atom. The SMILES string of the molecule is CC1(C)NC(=O)CN(CC2CC=CCC2)C1=O. The van der Waals surface area contributed by atoms with Gasteiger partial charge in [0.15, 0.2) is 0 Å². The molecular formula is C13H20N2O2. The van der Waals surface area contributed by atoms with Crippen molar-refractivity contribution in [2.45, 2.75) is 38.6 Å². The number of allylic oxidation sites excluding steroid dienone is 2. The summed E-state index contributed by atoms with van der Waals surface area (Å²) in [6.45, 7) is 4.45. The molecule has 1 saturated heterocycles. The third kappa shape index (κ3) is 2.68. The Morgan fingerprint density at radius 3 is 2.82 bits per heavy atom. The van der Waals surface area contributed by atoms with E-state index in [1.165, 1.54) is 0 Å². The number of rotatable bonds is 2. The Balaban J connectivity index is 2.01. The molecule has 0 aromatic carbocycles. The summed E-state index contributed by atoms with van der Waals surface area (Å²) >= 11 is 0. The van der Waals surface area contributed by atoms with Gasteiger partial charge >= 0.3 is 0 Å². The lowest BCUT2D eigenvalue weighted by molar-refractivity contribution is -0.149. The molecule has 2 rings (SSSR count). The minimum absolute atomic E-state index is 0.0339. The second-order valence-electron chi connectivity index (χ2n) is 5.51. The van der Waals surface area contributed by atoms with Crippen molar-refractivity contribution in [3.05, 3.63) is 12.2 Å². The van der Waals surface area contributed by atoms with Crippen LogP contribution in [-0.2, 0) is 9.59 Å². The fourth-order valence-corrected chi connectivity index (χ4v) is 2.56. The predicted molar refractivity (Wildman–Crippen MR) is 65.3 cm³/mol. The number of hydrogen-bond acceptors (Lipinski definition) is 2. The number of piperazine rings is 1. The molecule has 17 heavy (non-hydrogen) atoms. The number of carbonyl (C=O) groups excluding carboxylic acids is 2. The summed E-state index contributed by atoms with van der Waals surface area (Å²) in [4.78, 5) is 25.4. The highest BCUT2D eigenvalue weighted by molar-refractivity contribution is 5.97. The van der Waals surface area contributed by atoms with Gasteiger partial charge in [-0.3, -0.25) is 9.59 Å². The van der Waals surface area contributed by atoms with Crippen LogP contribution in [0.4, 0.5) is 0 Å². The molecule has 0 bridgehead atoms. The van der Waals surface area contributed by atoms with Gasteiger partial charge in [0, 0.05) is 6.54 Å². The molecule has 0 aromatic heterocycles. The molecule has 94 valence electrons. The maximum atomic E-state index is 12.2. The molecule has 1 unspecified atom stereocenters. The van der Waals surface area contributed by atoms with E-state index in [0.717, 1.165) is 19.3 Å². The number of carbonyl (C=O) groups is 2. The Labute approximate surface area is 102 Å². The van der Waals surface area contributed by atoms with Crippen LogP contribution >= 0.6 is 0 Å².